The molecule has 0 heterocycles. The Labute approximate surface area is 70.4 Å². The van der Waals surface area contributed by atoms with E-state index in [1.54, 1.807) is 0 Å². The first-order valence-corrected chi connectivity index (χ1v) is 3.26. The van der Waals surface area contributed by atoms with Crippen molar-refractivity contribution in [2.45, 2.75) is 5.54 Å². The molecule has 0 rings (SSSR count). The van der Waals surface area contributed by atoms with Crippen LogP contribution in [0.4, 0.5) is 0 Å². The first kappa shape index (κ1) is 10.7. The number of carbonyl (C=O) groups is 2. The Morgan fingerprint density at radius 3 is 1.83 bits per heavy atom. The summed E-state index contributed by atoms with van der Waals surface area (Å²) < 4.78 is 0. The lowest BCUT2D eigenvalue weighted by molar-refractivity contribution is -0.130. The Morgan fingerprint density at radius 1 is 1.33 bits per heavy atom. The lowest BCUT2D eigenvalue weighted by atomic mass is 9.91. The van der Waals surface area contributed by atoms with Crippen LogP contribution < -0.4 is 5.73 Å². The van der Waals surface area contributed by atoms with Crippen molar-refractivity contribution in [3.63, 3.8) is 0 Å². The lowest BCUT2D eigenvalue weighted by Crippen LogP contribution is -2.56. The lowest BCUT2D eigenvalue weighted by Gasteiger charge is -2.19. The quantitative estimate of drug-likeness (QED) is 0.416. The minimum absolute atomic E-state index is 0.713. The number of carbonyl (C=O) groups excluding carboxylic acids is 2. The van der Waals surface area contributed by atoms with E-state index in [2.05, 4.69) is 13.2 Å². The molecule has 0 unspecified atom stereocenters. The van der Waals surface area contributed by atoms with E-state index in [1.165, 1.54) is 0 Å². The van der Waals surface area contributed by atoms with Gasteiger partial charge in [0.05, 0.1) is 6.61 Å². The fraction of sp³-hybridized carbons (Fsp3) is 0.250. The average molecular weight is 169 g/mol. The normalized spacial score (nSPS) is 10.5. The van der Waals surface area contributed by atoms with Gasteiger partial charge in [-0.2, -0.15) is 0 Å². The molecule has 0 aromatic rings. The zero-order valence-electron chi connectivity index (χ0n) is 6.62. The van der Waals surface area contributed by atoms with Gasteiger partial charge >= 0.3 is 0 Å². The molecular formula is C8H11NO3. The monoisotopic (exact) mass is 169 g/mol. The highest BCUT2D eigenvalue weighted by atomic mass is 16.3. The molecule has 4 heteroatoms. The molecular weight excluding hydrogens is 158 g/mol. The van der Waals surface area contributed by atoms with Gasteiger partial charge in [0.15, 0.2) is 17.1 Å². The molecule has 0 aliphatic heterocycles. The zero-order valence-corrected chi connectivity index (χ0v) is 6.62. The maximum atomic E-state index is 11.0. The van der Waals surface area contributed by atoms with Gasteiger partial charge in [0, 0.05) is 0 Å². The predicted molar refractivity (Wildman–Crippen MR) is 44.4 cm³/mol. The topological polar surface area (TPSA) is 80.4 Å². The third-order valence-electron chi connectivity index (χ3n) is 1.50. The Balaban J connectivity index is 4.90. The second-order valence-electron chi connectivity index (χ2n) is 2.27. The zero-order chi connectivity index (χ0) is 9.78. The molecule has 0 saturated carbocycles. The van der Waals surface area contributed by atoms with Crippen molar-refractivity contribution in [3.05, 3.63) is 25.3 Å². The highest BCUT2D eigenvalue weighted by Crippen LogP contribution is 2.04. The molecule has 12 heavy (non-hydrogen) atoms. The van der Waals surface area contributed by atoms with Crippen LogP contribution in [0.3, 0.4) is 0 Å². The summed E-state index contributed by atoms with van der Waals surface area (Å²) in [6, 6.07) is 0. The molecule has 0 atom stereocenters. The van der Waals surface area contributed by atoms with Crippen molar-refractivity contribution in [1.29, 1.82) is 0 Å². The van der Waals surface area contributed by atoms with E-state index >= 15 is 0 Å². The van der Waals surface area contributed by atoms with Gasteiger partial charge in [0.25, 0.3) is 0 Å². The molecule has 0 saturated heterocycles. The molecule has 66 valence electrons. The van der Waals surface area contributed by atoms with Gasteiger partial charge in [-0.25, -0.2) is 0 Å². The largest absolute Gasteiger partial charge is 0.393 e. The van der Waals surface area contributed by atoms with Crippen LogP contribution in [0.2, 0.25) is 0 Å². The van der Waals surface area contributed by atoms with E-state index in [1.807, 2.05) is 0 Å². The fourth-order valence-corrected chi connectivity index (χ4v) is 0.642. The van der Waals surface area contributed by atoms with Gasteiger partial charge in [0.2, 0.25) is 0 Å². The molecule has 0 aromatic carbocycles. The highest BCUT2D eigenvalue weighted by Gasteiger charge is 2.37. The number of hydrogen-bond acceptors (Lipinski definition) is 4. The van der Waals surface area contributed by atoms with Crippen molar-refractivity contribution >= 4 is 11.6 Å². The van der Waals surface area contributed by atoms with E-state index in [4.69, 9.17) is 10.8 Å². The third kappa shape index (κ3) is 1.66. The van der Waals surface area contributed by atoms with Crippen LogP contribution in [-0.4, -0.2) is 28.8 Å². The van der Waals surface area contributed by atoms with Crippen molar-refractivity contribution in [3.8, 4) is 0 Å². The van der Waals surface area contributed by atoms with Gasteiger partial charge in [-0.3, -0.25) is 9.59 Å². The van der Waals surface area contributed by atoms with E-state index in [9.17, 15) is 9.59 Å². The van der Waals surface area contributed by atoms with Crippen LogP contribution in [0.5, 0.6) is 0 Å². The van der Waals surface area contributed by atoms with Crippen LogP contribution in [-0.2, 0) is 9.59 Å². The Hall–Kier alpha value is -1.26. The minimum Gasteiger partial charge on any atom is -0.393 e. The number of aliphatic hydroxyl groups excluding tert-OH is 1. The fourth-order valence-electron chi connectivity index (χ4n) is 0.642. The maximum absolute atomic E-state index is 11.0. The van der Waals surface area contributed by atoms with Gasteiger partial charge in [-0.1, -0.05) is 13.2 Å². The molecule has 0 bridgehead atoms. The number of nitrogens with two attached hydrogens (primary N) is 1. The van der Waals surface area contributed by atoms with Gasteiger partial charge in [-0.05, 0) is 12.2 Å². The minimum atomic E-state index is -1.90. The molecule has 0 aliphatic rings. The average Bonchev–Trinajstić information content (AvgIpc) is 2.13. The van der Waals surface area contributed by atoms with Gasteiger partial charge in [-0.15, -0.1) is 0 Å². The first-order valence-electron chi connectivity index (χ1n) is 3.26. The van der Waals surface area contributed by atoms with Crippen molar-refractivity contribution in [1.82, 2.24) is 0 Å². The molecule has 0 spiro atoms. The summed E-state index contributed by atoms with van der Waals surface area (Å²) in [6.07, 6.45) is 1.80. The Kier molecular flexibility index (Phi) is 3.53. The summed E-state index contributed by atoms with van der Waals surface area (Å²) >= 11 is 0. The van der Waals surface area contributed by atoms with Crippen LogP contribution in [0.25, 0.3) is 0 Å². The molecule has 0 amide bonds. The first-order chi connectivity index (χ1) is 5.52. The van der Waals surface area contributed by atoms with Crippen LogP contribution in [0, 0.1) is 0 Å². The van der Waals surface area contributed by atoms with Crippen LogP contribution >= 0.6 is 0 Å². The van der Waals surface area contributed by atoms with E-state index in [0.29, 0.717) is 0 Å². The molecule has 0 aromatic heterocycles. The van der Waals surface area contributed by atoms with Crippen LogP contribution in [0.15, 0.2) is 25.3 Å². The summed E-state index contributed by atoms with van der Waals surface area (Å²) in [5.41, 5.74) is 3.41. The smallest absolute Gasteiger partial charge is 0.185 e. The van der Waals surface area contributed by atoms with Gasteiger partial charge < -0.3 is 10.8 Å². The molecule has 3 N–H and O–H groups in total. The van der Waals surface area contributed by atoms with Crippen LogP contribution in [0.1, 0.15) is 0 Å². The molecule has 0 aliphatic carbocycles. The van der Waals surface area contributed by atoms with Crippen molar-refractivity contribution in [2.75, 3.05) is 6.61 Å². The SMILES string of the molecule is C=CC(=O)C(N)(CO)C(=O)C=C. The Bertz CT molecular complexity index is 212. The maximum Gasteiger partial charge on any atom is 0.185 e. The number of ketones is 2. The van der Waals surface area contributed by atoms with Crippen molar-refractivity contribution in [2.24, 2.45) is 5.73 Å². The summed E-state index contributed by atoms with van der Waals surface area (Å²) in [5.74, 6) is -1.43. The number of rotatable bonds is 5. The molecule has 0 fully saturated rings. The standard InChI is InChI=1S/C8H11NO3/c1-3-6(11)8(9,5-10)7(12)4-2/h3-4,10H,1-2,5,9H2. The second kappa shape index (κ2) is 3.94. The number of aliphatic hydroxyl groups is 1. The Morgan fingerprint density at radius 2 is 1.67 bits per heavy atom. The molecule has 4 nitrogen and oxygen atoms in total. The summed E-state index contributed by atoms with van der Waals surface area (Å²) in [7, 11) is 0. The van der Waals surface area contributed by atoms with E-state index in [-0.39, 0.29) is 0 Å². The summed E-state index contributed by atoms with van der Waals surface area (Å²) in [4.78, 5) is 22.0. The van der Waals surface area contributed by atoms with Gasteiger partial charge in [0.1, 0.15) is 0 Å². The molecule has 0 radical (unpaired) electrons. The van der Waals surface area contributed by atoms with E-state index in [0.717, 1.165) is 12.2 Å². The second-order valence-corrected chi connectivity index (χ2v) is 2.27. The van der Waals surface area contributed by atoms with Crippen molar-refractivity contribution < 1.29 is 14.7 Å². The van der Waals surface area contributed by atoms with E-state index < -0.39 is 23.7 Å². The highest BCUT2D eigenvalue weighted by molar-refractivity contribution is 6.19. The summed E-state index contributed by atoms with van der Waals surface area (Å²) in [6.45, 7) is 5.58. The third-order valence-corrected chi connectivity index (χ3v) is 1.50. The number of hydrogen-bond donors (Lipinski definition) is 2. The summed E-state index contributed by atoms with van der Waals surface area (Å²) in [5, 5.41) is 8.73. The predicted octanol–water partition coefficient (Wildman–Crippen LogP) is -0.814.